The van der Waals surface area contributed by atoms with Gasteiger partial charge in [0.15, 0.2) is 0 Å². The molecule has 1 aliphatic heterocycles. The van der Waals surface area contributed by atoms with Gasteiger partial charge in [0.2, 0.25) is 0 Å². The fourth-order valence-electron chi connectivity index (χ4n) is 9.30. The summed E-state index contributed by atoms with van der Waals surface area (Å²) in [6, 6.07) is 59.2. The number of ether oxygens (including phenoxy) is 1. The van der Waals surface area contributed by atoms with E-state index in [0.29, 0.717) is 0 Å². The number of hydrogen-bond donors (Lipinski definition) is 0. The zero-order valence-electron chi connectivity index (χ0n) is 26.9. The molecule has 0 N–H and O–H groups in total. The highest BCUT2D eigenvalue weighted by molar-refractivity contribution is 6.21. The van der Waals surface area contributed by atoms with E-state index in [1.54, 1.807) is 0 Å². The summed E-state index contributed by atoms with van der Waals surface area (Å²) in [4.78, 5) is 0. The van der Waals surface area contributed by atoms with E-state index in [4.69, 9.17) is 9.15 Å². The Bertz CT molecular complexity index is 3040. The quantitative estimate of drug-likeness (QED) is 0.179. The van der Waals surface area contributed by atoms with E-state index in [-0.39, 0.29) is 0 Å². The molecule has 0 saturated heterocycles. The SMILES string of the molecule is c1ccc2c(c1)Oc1c(ccc3c1c1ccc4ccccc4c1n3-c1ccc3c(c1)oc1ccccc13)C21c2ccccc2-c2ccccc21. The minimum absolute atomic E-state index is 0.524. The Kier molecular flexibility index (Phi) is 4.91. The second kappa shape index (κ2) is 9.31. The number of hydrogen-bond acceptors (Lipinski definition) is 2. The van der Waals surface area contributed by atoms with Crippen LogP contribution in [-0.4, -0.2) is 4.57 Å². The summed E-state index contributed by atoms with van der Waals surface area (Å²) in [5.74, 6) is 1.81. The fourth-order valence-corrected chi connectivity index (χ4v) is 9.30. The first kappa shape index (κ1) is 26.4. The third-order valence-corrected chi connectivity index (χ3v) is 11.3. The van der Waals surface area contributed by atoms with Crippen LogP contribution in [0.2, 0.25) is 0 Å². The Balaban J connectivity index is 1.25. The molecule has 3 nitrogen and oxygen atoms in total. The molecular formula is C47H27NO2. The van der Waals surface area contributed by atoms with E-state index in [1.807, 2.05) is 12.1 Å². The van der Waals surface area contributed by atoms with Gasteiger partial charge < -0.3 is 13.7 Å². The van der Waals surface area contributed by atoms with Gasteiger partial charge in [0.1, 0.15) is 22.7 Å². The molecule has 50 heavy (non-hydrogen) atoms. The number of nitrogens with zero attached hydrogens (tertiary/aromatic N) is 1. The molecule has 3 heteroatoms. The molecule has 0 amide bonds. The van der Waals surface area contributed by atoms with E-state index < -0.39 is 5.41 Å². The standard InChI is InChI=1S/C47H27NO2/c1-2-12-30-28(11-1)21-23-35-44-40(48(45(30)35)29-22-24-34-33-15-5-9-19-41(33)49-43(34)27-29)26-25-39-46(44)50-42-20-10-8-18-38(42)47(39)36-16-6-3-13-31(36)32-14-4-7-17-37(32)47/h1-27H. The molecule has 8 aromatic carbocycles. The second-order valence-electron chi connectivity index (χ2n) is 13.6. The molecule has 2 aromatic heterocycles. The first-order chi connectivity index (χ1) is 24.8. The molecule has 1 aliphatic carbocycles. The van der Waals surface area contributed by atoms with Gasteiger partial charge in [-0.2, -0.15) is 0 Å². The lowest BCUT2D eigenvalue weighted by molar-refractivity contribution is 0.442. The van der Waals surface area contributed by atoms with E-state index in [0.717, 1.165) is 60.9 Å². The fraction of sp³-hybridized carbons (Fsp3) is 0.0213. The van der Waals surface area contributed by atoms with Gasteiger partial charge in [-0.1, -0.05) is 127 Å². The maximum Gasteiger partial charge on any atom is 0.142 e. The number of furan rings is 1. The van der Waals surface area contributed by atoms with Crippen LogP contribution in [0.5, 0.6) is 11.5 Å². The van der Waals surface area contributed by atoms with E-state index in [1.165, 1.54) is 44.2 Å². The molecule has 232 valence electrons. The van der Waals surface area contributed by atoms with Crippen LogP contribution in [0, 0.1) is 0 Å². The van der Waals surface area contributed by atoms with Gasteiger partial charge >= 0.3 is 0 Å². The summed E-state index contributed by atoms with van der Waals surface area (Å²) in [5, 5.41) is 6.92. The van der Waals surface area contributed by atoms with Crippen molar-refractivity contribution in [1.29, 1.82) is 0 Å². The zero-order chi connectivity index (χ0) is 32.6. The number of para-hydroxylation sites is 2. The van der Waals surface area contributed by atoms with Crippen molar-refractivity contribution in [1.82, 2.24) is 4.57 Å². The first-order valence-electron chi connectivity index (χ1n) is 17.2. The minimum Gasteiger partial charge on any atom is -0.456 e. The highest BCUT2D eigenvalue weighted by Gasteiger charge is 2.51. The van der Waals surface area contributed by atoms with Gasteiger partial charge in [-0.3, -0.25) is 0 Å². The summed E-state index contributed by atoms with van der Waals surface area (Å²) in [6.07, 6.45) is 0. The highest BCUT2D eigenvalue weighted by atomic mass is 16.5. The summed E-state index contributed by atoms with van der Waals surface area (Å²) in [6.45, 7) is 0. The average molecular weight is 638 g/mol. The molecule has 1 spiro atoms. The van der Waals surface area contributed by atoms with Gasteiger partial charge in [0.25, 0.3) is 0 Å². The third-order valence-electron chi connectivity index (χ3n) is 11.3. The maximum atomic E-state index is 7.16. The van der Waals surface area contributed by atoms with Crippen LogP contribution in [0.3, 0.4) is 0 Å². The molecule has 0 fully saturated rings. The molecule has 0 saturated carbocycles. The Morgan fingerprint density at radius 3 is 1.96 bits per heavy atom. The van der Waals surface area contributed by atoms with Crippen molar-refractivity contribution in [2.24, 2.45) is 0 Å². The van der Waals surface area contributed by atoms with E-state index in [2.05, 4.69) is 156 Å². The van der Waals surface area contributed by atoms with Crippen LogP contribution in [0.4, 0.5) is 0 Å². The second-order valence-corrected chi connectivity index (χ2v) is 13.6. The lowest BCUT2D eigenvalue weighted by atomic mass is 9.66. The highest BCUT2D eigenvalue weighted by Crippen LogP contribution is 2.63. The van der Waals surface area contributed by atoms with Crippen molar-refractivity contribution in [3.05, 3.63) is 186 Å². The number of benzene rings is 8. The van der Waals surface area contributed by atoms with Gasteiger partial charge in [0, 0.05) is 44.4 Å². The summed E-state index contributed by atoms with van der Waals surface area (Å²) in [5.41, 5.74) is 12.0. The molecule has 10 aromatic rings. The Morgan fingerprint density at radius 2 is 1.12 bits per heavy atom. The van der Waals surface area contributed by atoms with Crippen LogP contribution < -0.4 is 4.74 Å². The monoisotopic (exact) mass is 637 g/mol. The van der Waals surface area contributed by atoms with Crippen LogP contribution in [-0.2, 0) is 5.41 Å². The normalized spacial score (nSPS) is 13.9. The molecule has 2 aliphatic rings. The largest absolute Gasteiger partial charge is 0.456 e. The van der Waals surface area contributed by atoms with Gasteiger partial charge in [0.05, 0.1) is 21.8 Å². The van der Waals surface area contributed by atoms with Crippen molar-refractivity contribution < 1.29 is 9.15 Å². The lowest BCUT2D eigenvalue weighted by Crippen LogP contribution is -2.32. The van der Waals surface area contributed by atoms with Crippen molar-refractivity contribution >= 4 is 54.5 Å². The zero-order valence-corrected chi connectivity index (χ0v) is 26.9. The first-order valence-corrected chi connectivity index (χ1v) is 17.2. The summed E-state index contributed by atoms with van der Waals surface area (Å²) < 4.78 is 16.0. The van der Waals surface area contributed by atoms with Crippen LogP contribution >= 0.6 is 0 Å². The van der Waals surface area contributed by atoms with Gasteiger partial charge in [-0.05, 0) is 58.0 Å². The van der Waals surface area contributed by atoms with Crippen molar-refractivity contribution in [2.45, 2.75) is 5.41 Å². The van der Waals surface area contributed by atoms with Gasteiger partial charge in [-0.15, -0.1) is 0 Å². The molecule has 12 rings (SSSR count). The smallest absolute Gasteiger partial charge is 0.142 e. The topological polar surface area (TPSA) is 27.3 Å². The van der Waals surface area contributed by atoms with Crippen LogP contribution in [0.1, 0.15) is 22.3 Å². The maximum absolute atomic E-state index is 7.16. The molecule has 0 unspecified atom stereocenters. The molecule has 0 atom stereocenters. The van der Waals surface area contributed by atoms with Gasteiger partial charge in [-0.25, -0.2) is 0 Å². The van der Waals surface area contributed by atoms with Crippen LogP contribution in [0.15, 0.2) is 168 Å². The molecular weight excluding hydrogens is 611 g/mol. The predicted octanol–water partition coefficient (Wildman–Crippen LogP) is 12.3. The molecule has 0 radical (unpaired) electrons. The number of rotatable bonds is 1. The van der Waals surface area contributed by atoms with Crippen molar-refractivity contribution in [3.63, 3.8) is 0 Å². The summed E-state index contributed by atoms with van der Waals surface area (Å²) >= 11 is 0. The van der Waals surface area contributed by atoms with E-state index in [9.17, 15) is 0 Å². The number of aromatic nitrogens is 1. The Hall–Kier alpha value is -6.58. The molecule has 0 bridgehead atoms. The Labute approximate surface area is 287 Å². The third kappa shape index (κ3) is 3.11. The predicted molar refractivity (Wildman–Crippen MR) is 203 cm³/mol. The Morgan fingerprint density at radius 1 is 0.460 bits per heavy atom. The van der Waals surface area contributed by atoms with Crippen LogP contribution in [0.25, 0.3) is 71.3 Å². The summed E-state index contributed by atoms with van der Waals surface area (Å²) in [7, 11) is 0. The van der Waals surface area contributed by atoms with E-state index >= 15 is 0 Å². The average Bonchev–Trinajstić information content (AvgIpc) is 3.82. The lowest BCUT2D eigenvalue weighted by Gasteiger charge is -2.39. The van der Waals surface area contributed by atoms with Crippen molar-refractivity contribution in [2.75, 3.05) is 0 Å². The number of fused-ring (bicyclic) bond motifs is 18. The molecule has 3 heterocycles. The minimum atomic E-state index is -0.524. The van der Waals surface area contributed by atoms with Crippen molar-refractivity contribution in [3.8, 4) is 28.3 Å².